The van der Waals surface area contributed by atoms with Crippen molar-refractivity contribution in [2.75, 3.05) is 26.2 Å². The Kier molecular flexibility index (Phi) is 6.26. The first-order valence-electron chi connectivity index (χ1n) is 10.2. The summed E-state index contributed by atoms with van der Waals surface area (Å²) in [6.45, 7) is 9.13. The standard InChI is InChI=1S/C21H33N3O2S/c1-21(2,3)16-6-7-17-15(11-16)12-18(27-17)20(26)24-10-4-5-14(13-24)19(25)23-9-8-22/h12,14,16H,4-11,13,22H2,1-3H3,(H,23,25). The van der Waals surface area contributed by atoms with Crippen molar-refractivity contribution >= 4 is 23.2 Å². The maximum atomic E-state index is 13.1. The number of likely N-dealkylation sites (tertiary alicyclic amines) is 1. The number of amides is 2. The number of nitrogens with two attached hydrogens (primary N) is 1. The third-order valence-electron chi connectivity index (χ3n) is 6.04. The van der Waals surface area contributed by atoms with Crippen LogP contribution in [0, 0.1) is 17.3 Å². The second-order valence-corrected chi connectivity index (χ2v) is 10.2. The van der Waals surface area contributed by atoms with Gasteiger partial charge in [-0.3, -0.25) is 9.59 Å². The van der Waals surface area contributed by atoms with Crippen molar-refractivity contribution in [2.24, 2.45) is 23.0 Å². The van der Waals surface area contributed by atoms with Gasteiger partial charge in [-0.1, -0.05) is 20.8 Å². The molecule has 6 heteroatoms. The highest BCUT2D eigenvalue weighted by Gasteiger charge is 2.33. The number of rotatable bonds is 4. The number of nitrogens with one attached hydrogen (secondary N) is 1. The maximum absolute atomic E-state index is 13.1. The third kappa shape index (κ3) is 4.72. The molecule has 27 heavy (non-hydrogen) atoms. The lowest BCUT2D eigenvalue weighted by Crippen LogP contribution is -2.46. The van der Waals surface area contributed by atoms with E-state index in [1.54, 1.807) is 11.3 Å². The molecular weight excluding hydrogens is 358 g/mol. The van der Waals surface area contributed by atoms with E-state index in [1.165, 1.54) is 16.9 Å². The molecule has 1 aliphatic heterocycles. The molecule has 0 saturated carbocycles. The lowest BCUT2D eigenvalue weighted by Gasteiger charge is -2.33. The molecule has 150 valence electrons. The van der Waals surface area contributed by atoms with Gasteiger partial charge < -0.3 is 16.0 Å². The first-order chi connectivity index (χ1) is 12.8. The summed E-state index contributed by atoms with van der Waals surface area (Å²) in [5, 5.41) is 2.86. The van der Waals surface area contributed by atoms with Gasteiger partial charge in [0.25, 0.3) is 5.91 Å². The van der Waals surface area contributed by atoms with Crippen LogP contribution in [0.15, 0.2) is 6.07 Å². The highest BCUT2D eigenvalue weighted by Crippen LogP contribution is 2.40. The second kappa shape index (κ2) is 8.31. The van der Waals surface area contributed by atoms with E-state index in [0.29, 0.717) is 31.0 Å². The number of thiophene rings is 1. The van der Waals surface area contributed by atoms with Crippen molar-refractivity contribution in [3.63, 3.8) is 0 Å². The van der Waals surface area contributed by atoms with Crippen LogP contribution in [-0.2, 0) is 17.6 Å². The Morgan fingerprint density at radius 1 is 1.33 bits per heavy atom. The molecule has 1 aliphatic carbocycles. The molecule has 0 aromatic carbocycles. The molecule has 0 bridgehead atoms. The lowest BCUT2D eigenvalue weighted by molar-refractivity contribution is -0.126. The summed E-state index contributed by atoms with van der Waals surface area (Å²) in [6, 6.07) is 2.12. The van der Waals surface area contributed by atoms with E-state index in [9.17, 15) is 9.59 Å². The van der Waals surface area contributed by atoms with Gasteiger partial charge in [-0.15, -0.1) is 11.3 Å². The zero-order chi connectivity index (χ0) is 19.6. The average Bonchev–Trinajstić information content (AvgIpc) is 3.08. The number of carbonyl (C=O) groups excluding carboxylic acids is 2. The fourth-order valence-corrected chi connectivity index (χ4v) is 5.42. The monoisotopic (exact) mass is 391 g/mol. The predicted octanol–water partition coefficient (Wildman–Crippen LogP) is 2.83. The summed E-state index contributed by atoms with van der Waals surface area (Å²) >= 11 is 1.66. The van der Waals surface area contributed by atoms with Crippen LogP contribution in [0.1, 0.15) is 60.1 Å². The van der Waals surface area contributed by atoms with Gasteiger partial charge in [-0.25, -0.2) is 0 Å². The van der Waals surface area contributed by atoms with Crippen molar-refractivity contribution in [2.45, 2.75) is 52.9 Å². The summed E-state index contributed by atoms with van der Waals surface area (Å²) < 4.78 is 0. The summed E-state index contributed by atoms with van der Waals surface area (Å²) in [5.74, 6) is 0.678. The molecule has 3 rings (SSSR count). The Morgan fingerprint density at radius 3 is 2.81 bits per heavy atom. The number of hydrogen-bond donors (Lipinski definition) is 2. The summed E-state index contributed by atoms with van der Waals surface area (Å²) in [4.78, 5) is 29.4. The highest BCUT2D eigenvalue weighted by molar-refractivity contribution is 7.14. The molecule has 2 amide bonds. The van der Waals surface area contributed by atoms with E-state index in [4.69, 9.17) is 5.73 Å². The third-order valence-corrected chi connectivity index (χ3v) is 7.27. The molecule has 2 heterocycles. The summed E-state index contributed by atoms with van der Waals surface area (Å²) in [7, 11) is 0. The van der Waals surface area contributed by atoms with Crippen LogP contribution < -0.4 is 11.1 Å². The molecule has 1 saturated heterocycles. The number of aryl methyl sites for hydroxylation is 1. The first kappa shape index (κ1) is 20.3. The Morgan fingerprint density at radius 2 is 2.11 bits per heavy atom. The van der Waals surface area contributed by atoms with E-state index in [2.05, 4.69) is 32.2 Å². The minimum atomic E-state index is -0.117. The van der Waals surface area contributed by atoms with Gasteiger partial charge >= 0.3 is 0 Å². The molecule has 0 spiro atoms. The number of fused-ring (bicyclic) bond motifs is 1. The molecule has 2 aliphatic rings. The van der Waals surface area contributed by atoms with Crippen LogP contribution in [0.25, 0.3) is 0 Å². The molecular formula is C21H33N3O2S. The van der Waals surface area contributed by atoms with E-state index in [1.807, 2.05) is 4.90 Å². The summed E-state index contributed by atoms with van der Waals surface area (Å²) in [5.41, 5.74) is 7.14. The topological polar surface area (TPSA) is 75.4 Å². The van der Waals surface area contributed by atoms with E-state index in [0.717, 1.165) is 37.1 Å². The number of piperidine rings is 1. The number of nitrogens with zero attached hydrogens (tertiary/aromatic N) is 1. The van der Waals surface area contributed by atoms with Gasteiger partial charge in [0.05, 0.1) is 10.8 Å². The predicted molar refractivity (Wildman–Crippen MR) is 110 cm³/mol. The zero-order valence-electron chi connectivity index (χ0n) is 16.8. The Balaban J connectivity index is 1.66. The molecule has 1 aromatic rings. The molecule has 5 nitrogen and oxygen atoms in total. The van der Waals surface area contributed by atoms with Gasteiger partial charge in [0.2, 0.25) is 5.91 Å². The normalized spacial score (nSPS) is 23.0. The van der Waals surface area contributed by atoms with Gasteiger partial charge in [-0.05, 0) is 55.1 Å². The van der Waals surface area contributed by atoms with Crippen LogP contribution in [0.5, 0.6) is 0 Å². The molecule has 2 atom stereocenters. The molecule has 3 N–H and O–H groups in total. The largest absolute Gasteiger partial charge is 0.355 e. The van der Waals surface area contributed by atoms with Crippen molar-refractivity contribution < 1.29 is 9.59 Å². The second-order valence-electron chi connectivity index (χ2n) is 9.03. The highest BCUT2D eigenvalue weighted by atomic mass is 32.1. The summed E-state index contributed by atoms with van der Waals surface area (Å²) in [6.07, 6.45) is 5.09. The van der Waals surface area contributed by atoms with Gasteiger partial charge in [0.15, 0.2) is 0 Å². The molecule has 1 fully saturated rings. The van der Waals surface area contributed by atoms with Crippen LogP contribution in [0.3, 0.4) is 0 Å². The van der Waals surface area contributed by atoms with Crippen LogP contribution in [0.2, 0.25) is 0 Å². The average molecular weight is 392 g/mol. The Hall–Kier alpha value is -1.40. The van der Waals surface area contributed by atoms with Gasteiger partial charge in [0, 0.05) is 31.1 Å². The maximum Gasteiger partial charge on any atom is 0.263 e. The molecule has 2 unspecified atom stereocenters. The Labute approximate surface area is 166 Å². The Bertz CT molecular complexity index is 692. The molecule has 1 aromatic heterocycles. The number of carbonyl (C=O) groups is 2. The van der Waals surface area contributed by atoms with Crippen molar-refractivity contribution in [3.05, 3.63) is 21.4 Å². The smallest absolute Gasteiger partial charge is 0.263 e. The number of hydrogen-bond acceptors (Lipinski definition) is 4. The minimum Gasteiger partial charge on any atom is -0.355 e. The van der Waals surface area contributed by atoms with Crippen molar-refractivity contribution in [3.8, 4) is 0 Å². The fraction of sp³-hybridized carbons (Fsp3) is 0.714. The van der Waals surface area contributed by atoms with Crippen molar-refractivity contribution in [1.29, 1.82) is 0 Å². The van der Waals surface area contributed by atoms with Gasteiger partial charge in [-0.2, -0.15) is 0 Å². The lowest BCUT2D eigenvalue weighted by atomic mass is 9.72. The van der Waals surface area contributed by atoms with Crippen LogP contribution in [0.4, 0.5) is 0 Å². The molecule has 0 radical (unpaired) electrons. The van der Waals surface area contributed by atoms with Crippen molar-refractivity contribution in [1.82, 2.24) is 10.2 Å². The van der Waals surface area contributed by atoms with Gasteiger partial charge in [0.1, 0.15) is 0 Å². The minimum absolute atomic E-state index is 0.0245. The SMILES string of the molecule is CC(C)(C)C1CCc2sc(C(=O)N3CCCC(C(=O)NCCN)C3)cc2C1. The first-order valence-corrected chi connectivity index (χ1v) is 11.0. The quantitative estimate of drug-likeness (QED) is 0.829. The van der Waals surface area contributed by atoms with E-state index in [-0.39, 0.29) is 17.7 Å². The van der Waals surface area contributed by atoms with Crippen LogP contribution >= 0.6 is 11.3 Å². The van der Waals surface area contributed by atoms with E-state index < -0.39 is 0 Å². The fourth-order valence-electron chi connectivity index (χ4n) is 4.24. The van der Waals surface area contributed by atoms with Crippen LogP contribution in [-0.4, -0.2) is 42.9 Å². The zero-order valence-corrected chi connectivity index (χ0v) is 17.7. The van der Waals surface area contributed by atoms with E-state index >= 15 is 0 Å².